The van der Waals surface area contributed by atoms with Crippen LogP contribution in [0.3, 0.4) is 0 Å². The Hall–Kier alpha value is -3.87. The molecule has 1 unspecified atom stereocenters. The molecule has 0 saturated carbocycles. The third-order valence-electron chi connectivity index (χ3n) is 7.63. The van der Waals surface area contributed by atoms with Crippen molar-refractivity contribution in [3.05, 3.63) is 82.2 Å². The number of amides is 3. The highest BCUT2D eigenvalue weighted by molar-refractivity contribution is 6.12. The number of nitrogens with zero attached hydrogens (tertiary/aromatic N) is 2. The third kappa shape index (κ3) is 3.21. The molecule has 3 heterocycles. The Kier molecular flexibility index (Phi) is 4.85. The van der Waals surface area contributed by atoms with Gasteiger partial charge in [-0.3, -0.25) is 14.5 Å². The number of carbonyl (C=O) groups excluding carboxylic acids is 3. The average Bonchev–Trinajstić information content (AvgIpc) is 3.50. The summed E-state index contributed by atoms with van der Waals surface area (Å²) in [7, 11) is 0. The van der Waals surface area contributed by atoms with E-state index < -0.39 is 17.5 Å². The second-order valence-electron chi connectivity index (χ2n) is 9.67. The van der Waals surface area contributed by atoms with Gasteiger partial charge in [-0.15, -0.1) is 0 Å². The van der Waals surface area contributed by atoms with Crippen LogP contribution < -0.4 is 10.1 Å². The van der Waals surface area contributed by atoms with E-state index in [1.165, 1.54) is 17.5 Å². The number of ether oxygens (including phenoxy) is 1. The van der Waals surface area contributed by atoms with E-state index in [9.17, 15) is 14.4 Å². The summed E-state index contributed by atoms with van der Waals surface area (Å²) in [6.07, 6.45) is 3.70. The number of nitrogens with one attached hydrogen (secondary N) is 1. The van der Waals surface area contributed by atoms with E-state index in [1.807, 2.05) is 32.0 Å². The first-order valence-electron chi connectivity index (χ1n) is 12.1. The Morgan fingerprint density at radius 1 is 1.06 bits per heavy atom. The summed E-state index contributed by atoms with van der Waals surface area (Å²) in [5, 5.41) is 2.86. The highest BCUT2D eigenvalue weighted by Gasteiger charge is 2.55. The number of benzene rings is 2. The van der Waals surface area contributed by atoms with Gasteiger partial charge in [-0.25, -0.2) is 4.79 Å². The molecule has 1 spiro atoms. The smallest absolute Gasteiger partial charge is 0.325 e. The third-order valence-corrected chi connectivity index (χ3v) is 7.63. The SMILES string of the molecule is Cc1cc(C(=O)CN2C(=O)NC3(CCOc4ccccc43)C2=O)c(C)n1-c1ccc2c(c1)CCC2. The highest BCUT2D eigenvalue weighted by atomic mass is 16.5. The van der Waals surface area contributed by atoms with E-state index in [-0.39, 0.29) is 12.3 Å². The van der Waals surface area contributed by atoms with Crippen LogP contribution in [0.4, 0.5) is 4.79 Å². The summed E-state index contributed by atoms with van der Waals surface area (Å²) < 4.78 is 7.77. The van der Waals surface area contributed by atoms with E-state index in [0.717, 1.165) is 34.8 Å². The molecule has 1 aromatic heterocycles. The monoisotopic (exact) mass is 469 g/mol. The predicted octanol–water partition coefficient (Wildman–Crippen LogP) is 4.00. The minimum Gasteiger partial charge on any atom is -0.493 e. The van der Waals surface area contributed by atoms with Gasteiger partial charge in [-0.05, 0) is 68.5 Å². The largest absolute Gasteiger partial charge is 0.493 e. The Morgan fingerprint density at radius 3 is 2.71 bits per heavy atom. The standard InChI is InChI=1S/C28H27N3O4/c1-17-14-22(18(2)31(17)21-11-10-19-6-5-7-20(19)15-21)24(32)16-30-26(33)28(29-27(30)34)12-13-35-25-9-4-3-8-23(25)28/h3-4,8-11,14-15H,5-7,12-13,16H2,1-2H3,(H,29,34). The number of imide groups is 1. The molecule has 7 nitrogen and oxygen atoms in total. The van der Waals surface area contributed by atoms with Crippen LogP contribution in [-0.2, 0) is 23.2 Å². The number of para-hydroxylation sites is 1. The summed E-state index contributed by atoms with van der Waals surface area (Å²) in [6, 6.07) is 15.0. The fourth-order valence-electron chi connectivity index (χ4n) is 5.88. The topological polar surface area (TPSA) is 80.6 Å². The van der Waals surface area contributed by atoms with E-state index in [2.05, 4.69) is 28.1 Å². The van der Waals surface area contributed by atoms with Crippen molar-refractivity contribution in [1.29, 1.82) is 0 Å². The van der Waals surface area contributed by atoms with Crippen molar-refractivity contribution in [2.45, 2.75) is 45.1 Å². The van der Waals surface area contributed by atoms with Gasteiger partial charge in [0, 0.05) is 34.6 Å². The Bertz CT molecular complexity index is 1410. The van der Waals surface area contributed by atoms with E-state index in [4.69, 9.17) is 4.74 Å². The van der Waals surface area contributed by atoms with Crippen molar-refractivity contribution in [2.75, 3.05) is 13.2 Å². The molecule has 3 aromatic rings. The Morgan fingerprint density at radius 2 is 1.86 bits per heavy atom. The van der Waals surface area contributed by atoms with Gasteiger partial charge in [0.2, 0.25) is 0 Å². The van der Waals surface area contributed by atoms with Crippen LogP contribution in [-0.4, -0.2) is 40.3 Å². The van der Waals surface area contributed by atoms with Gasteiger partial charge in [0.05, 0.1) is 13.2 Å². The maximum absolute atomic E-state index is 13.5. The second kappa shape index (κ2) is 7.83. The highest BCUT2D eigenvalue weighted by Crippen LogP contribution is 2.41. The number of carbonyl (C=O) groups is 3. The molecule has 35 heavy (non-hydrogen) atoms. The molecule has 3 amide bonds. The fourth-order valence-corrected chi connectivity index (χ4v) is 5.88. The number of urea groups is 1. The van der Waals surface area contributed by atoms with Crippen molar-refractivity contribution in [3.8, 4) is 11.4 Å². The van der Waals surface area contributed by atoms with Crippen molar-refractivity contribution in [2.24, 2.45) is 0 Å². The molecule has 1 fully saturated rings. The van der Waals surface area contributed by atoms with Crippen molar-refractivity contribution >= 4 is 17.7 Å². The fraction of sp³-hybridized carbons (Fsp3) is 0.321. The molecule has 3 aliphatic rings. The van der Waals surface area contributed by atoms with Gasteiger partial charge in [0.15, 0.2) is 11.3 Å². The van der Waals surface area contributed by atoms with Gasteiger partial charge < -0.3 is 14.6 Å². The van der Waals surface area contributed by atoms with Crippen LogP contribution in [0.5, 0.6) is 5.75 Å². The molecule has 1 aliphatic carbocycles. The Balaban J connectivity index is 1.29. The molecular weight excluding hydrogens is 442 g/mol. The van der Waals surface area contributed by atoms with Crippen LogP contribution in [0.2, 0.25) is 0 Å². The minimum absolute atomic E-state index is 0.258. The van der Waals surface area contributed by atoms with Crippen molar-refractivity contribution < 1.29 is 19.1 Å². The van der Waals surface area contributed by atoms with E-state index in [0.29, 0.717) is 29.9 Å². The molecule has 6 rings (SSSR count). The number of fused-ring (bicyclic) bond motifs is 3. The first-order chi connectivity index (χ1) is 16.9. The molecule has 1 saturated heterocycles. The number of hydrogen-bond acceptors (Lipinski definition) is 4. The van der Waals surface area contributed by atoms with Crippen LogP contribution in [0.25, 0.3) is 5.69 Å². The molecule has 178 valence electrons. The van der Waals surface area contributed by atoms with Gasteiger partial charge >= 0.3 is 6.03 Å². The van der Waals surface area contributed by atoms with Gasteiger partial charge in [-0.2, -0.15) is 0 Å². The van der Waals surface area contributed by atoms with E-state index >= 15 is 0 Å². The lowest BCUT2D eigenvalue weighted by molar-refractivity contribution is -0.132. The normalized spacial score (nSPS) is 20.6. The lowest BCUT2D eigenvalue weighted by Crippen LogP contribution is -2.47. The number of rotatable bonds is 4. The molecule has 1 atom stereocenters. The first kappa shape index (κ1) is 21.6. The molecule has 7 heteroatoms. The molecule has 2 aliphatic heterocycles. The van der Waals surface area contributed by atoms with Crippen molar-refractivity contribution in [3.63, 3.8) is 0 Å². The molecule has 0 bridgehead atoms. The van der Waals surface area contributed by atoms with Gasteiger partial charge in [0.1, 0.15) is 5.75 Å². The summed E-state index contributed by atoms with van der Waals surface area (Å²) >= 11 is 0. The molecule has 2 aromatic carbocycles. The summed E-state index contributed by atoms with van der Waals surface area (Å²) in [4.78, 5) is 40.9. The zero-order valence-corrected chi connectivity index (χ0v) is 19.9. The number of hydrogen-bond donors (Lipinski definition) is 1. The average molecular weight is 470 g/mol. The summed E-state index contributed by atoms with van der Waals surface area (Å²) in [5.41, 5.74) is 5.52. The van der Waals surface area contributed by atoms with E-state index in [1.54, 1.807) is 12.1 Å². The Labute approximate surface area is 203 Å². The first-order valence-corrected chi connectivity index (χ1v) is 12.1. The van der Waals surface area contributed by atoms with Gasteiger partial charge in [-0.1, -0.05) is 24.3 Å². The van der Waals surface area contributed by atoms with Gasteiger partial charge in [0.25, 0.3) is 5.91 Å². The molecule has 0 radical (unpaired) electrons. The lowest BCUT2D eigenvalue weighted by atomic mass is 9.84. The van der Waals surface area contributed by atoms with Crippen LogP contribution >= 0.6 is 0 Å². The quantitative estimate of drug-likeness (QED) is 0.463. The lowest BCUT2D eigenvalue weighted by Gasteiger charge is -2.33. The maximum Gasteiger partial charge on any atom is 0.325 e. The summed E-state index contributed by atoms with van der Waals surface area (Å²) in [6.45, 7) is 3.89. The summed E-state index contributed by atoms with van der Waals surface area (Å²) in [5.74, 6) is -0.0797. The van der Waals surface area contributed by atoms with Crippen molar-refractivity contribution in [1.82, 2.24) is 14.8 Å². The maximum atomic E-state index is 13.5. The zero-order valence-electron chi connectivity index (χ0n) is 19.9. The number of aromatic nitrogens is 1. The number of Topliss-reactive ketones (excluding diaryl/α,β-unsaturated/α-hetero) is 1. The second-order valence-corrected chi connectivity index (χ2v) is 9.67. The number of aryl methyl sites for hydroxylation is 3. The zero-order chi connectivity index (χ0) is 24.3. The molecule has 1 N–H and O–H groups in total. The van der Waals surface area contributed by atoms with Crippen LogP contribution in [0.15, 0.2) is 48.5 Å². The molecular formula is C28H27N3O4. The van der Waals surface area contributed by atoms with Crippen LogP contribution in [0.1, 0.15) is 51.3 Å². The predicted molar refractivity (Wildman–Crippen MR) is 130 cm³/mol. The number of ketones is 1. The minimum atomic E-state index is -1.19. The van der Waals surface area contributed by atoms with Crippen LogP contribution in [0, 0.1) is 13.8 Å².